The molecule has 2 amide bonds. The maximum atomic E-state index is 13.0. The second kappa shape index (κ2) is 9.18. The van der Waals surface area contributed by atoms with Crippen LogP contribution in [0.15, 0.2) is 48.7 Å². The number of benzene rings is 2. The number of ketones is 1. The molecule has 1 fully saturated rings. The fourth-order valence-corrected chi connectivity index (χ4v) is 3.75. The van der Waals surface area contributed by atoms with Gasteiger partial charge in [0.1, 0.15) is 11.6 Å². The van der Waals surface area contributed by atoms with Crippen molar-refractivity contribution in [1.29, 1.82) is 0 Å². The molecule has 0 bridgehead atoms. The number of halogens is 1. The van der Waals surface area contributed by atoms with Crippen molar-refractivity contribution in [2.24, 2.45) is 0 Å². The fraction of sp³-hybridized carbons (Fsp3) is 0.304. The number of fused-ring (bicyclic) bond motifs is 1. The normalized spacial score (nSPS) is 14.6. The van der Waals surface area contributed by atoms with Crippen molar-refractivity contribution in [2.75, 3.05) is 39.8 Å². The maximum absolute atomic E-state index is 13.0. The highest BCUT2D eigenvalue weighted by Gasteiger charge is 2.23. The van der Waals surface area contributed by atoms with Crippen molar-refractivity contribution in [1.82, 2.24) is 20.1 Å². The molecule has 8 heteroatoms. The van der Waals surface area contributed by atoms with Crippen LogP contribution in [0.5, 0.6) is 5.75 Å². The van der Waals surface area contributed by atoms with Gasteiger partial charge in [-0.2, -0.15) is 0 Å². The van der Waals surface area contributed by atoms with Crippen LogP contribution in [0.1, 0.15) is 15.9 Å². The zero-order valence-electron chi connectivity index (χ0n) is 17.4. The lowest BCUT2D eigenvalue weighted by atomic mass is 10.1. The van der Waals surface area contributed by atoms with E-state index in [4.69, 9.17) is 4.74 Å². The Kier molecular flexibility index (Phi) is 6.18. The van der Waals surface area contributed by atoms with Gasteiger partial charge in [-0.1, -0.05) is 12.1 Å². The van der Waals surface area contributed by atoms with Crippen LogP contribution in [0.4, 0.5) is 9.18 Å². The molecule has 1 aliphatic rings. The minimum absolute atomic E-state index is 0.0358. The minimum Gasteiger partial charge on any atom is -0.497 e. The number of carbonyl (C=O) groups excluding carboxylic acids is 2. The first-order valence-corrected chi connectivity index (χ1v) is 10.2. The van der Waals surface area contributed by atoms with Crippen molar-refractivity contribution in [2.45, 2.75) is 6.54 Å². The zero-order chi connectivity index (χ0) is 21.8. The Balaban J connectivity index is 1.28. The average Bonchev–Trinajstić information content (AvgIpc) is 3.22. The SMILES string of the molecule is COc1ccc2[nH]cc(C(=O)CN3CCN(C(=O)NCc4ccc(F)cc4)CC3)c2c1. The number of hydrogen-bond acceptors (Lipinski definition) is 4. The Morgan fingerprint density at radius 3 is 2.55 bits per heavy atom. The Morgan fingerprint density at radius 2 is 1.84 bits per heavy atom. The molecule has 0 unspecified atom stereocenters. The van der Waals surface area contributed by atoms with Crippen LogP contribution in [0, 0.1) is 5.82 Å². The van der Waals surface area contributed by atoms with E-state index in [1.165, 1.54) is 12.1 Å². The number of rotatable bonds is 6. The molecule has 1 aliphatic heterocycles. The predicted octanol–water partition coefficient (Wildman–Crippen LogP) is 3.03. The van der Waals surface area contributed by atoms with Gasteiger partial charge in [-0.05, 0) is 35.9 Å². The second-order valence-corrected chi connectivity index (χ2v) is 7.59. The standard InChI is InChI=1S/C23H25FN4O3/c1-31-18-6-7-21-19(12-18)20(14-25-21)22(29)15-27-8-10-28(11-9-27)23(30)26-13-16-2-4-17(24)5-3-16/h2-7,12,14,25H,8-11,13,15H2,1H3,(H,26,30). The van der Waals surface area contributed by atoms with Crippen LogP contribution in [-0.2, 0) is 6.54 Å². The molecule has 2 heterocycles. The Labute approximate surface area is 179 Å². The summed E-state index contributed by atoms with van der Waals surface area (Å²) in [5, 5.41) is 3.71. The number of methoxy groups -OCH3 is 1. The predicted molar refractivity (Wildman–Crippen MR) is 116 cm³/mol. The molecule has 0 atom stereocenters. The van der Waals surface area contributed by atoms with Crippen LogP contribution in [-0.4, -0.2) is 66.4 Å². The second-order valence-electron chi connectivity index (χ2n) is 7.59. The number of H-pyrrole nitrogens is 1. The lowest BCUT2D eigenvalue weighted by Gasteiger charge is -2.34. The molecule has 0 saturated carbocycles. The van der Waals surface area contributed by atoms with E-state index in [0.29, 0.717) is 50.6 Å². The topological polar surface area (TPSA) is 77.7 Å². The van der Waals surface area contributed by atoms with Gasteiger partial charge in [-0.15, -0.1) is 0 Å². The van der Waals surface area contributed by atoms with Crippen LogP contribution >= 0.6 is 0 Å². The molecule has 7 nitrogen and oxygen atoms in total. The molecule has 3 aromatic rings. The average molecular weight is 424 g/mol. The third kappa shape index (κ3) is 4.86. The van der Waals surface area contributed by atoms with Gasteiger partial charge in [0.25, 0.3) is 0 Å². The number of Topliss-reactive ketones (excluding diaryl/α,β-unsaturated/α-hetero) is 1. The van der Waals surface area contributed by atoms with Crippen LogP contribution in [0.25, 0.3) is 10.9 Å². The Morgan fingerprint density at radius 1 is 1.10 bits per heavy atom. The Hall–Kier alpha value is -3.39. The molecule has 1 aromatic heterocycles. The molecule has 2 N–H and O–H groups in total. The highest BCUT2D eigenvalue weighted by molar-refractivity contribution is 6.09. The molecule has 0 aliphatic carbocycles. The van der Waals surface area contributed by atoms with Gasteiger partial charge in [0.05, 0.1) is 13.7 Å². The first kappa shape index (κ1) is 20.9. The first-order chi connectivity index (χ1) is 15.0. The van der Waals surface area contributed by atoms with Crippen LogP contribution in [0.2, 0.25) is 0 Å². The monoisotopic (exact) mass is 424 g/mol. The maximum Gasteiger partial charge on any atom is 0.317 e. The van der Waals surface area contributed by atoms with Gasteiger partial charge in [0.2, 0.25) is 0 Å². The molecule has 162 valence electrons. The number of ether oxygens (including phenoxy) is 1. The van der Waals surface area contributed by atoms with Crippen molar-refractivity contribution < 1.29 is 18.7 Å². The molecule has 1 saturated heterocycles. The molecule has 0 spiro atoms. The number of amides is 2. The summed E-state index contributed by atoms with van der Waals surface area (Å²) >= 11 is 0. The highest BCUT2D eigenvalue weighted by Crippen LogP contribution is 2.24. The van der Waals surface area contributed by atoms with Gasteiger partial charge < -0.3 is 19.9 Å². The summed E-state index contributed by atoms with van der Waals surface area (Å²) in [5.74, 6) is 0.447. The van der Waals surface area contributed by atoms with E-state index < -0.39 is 0 Å². The minimum atomic E-state index is -0.299. The fourth-order valence-electron chi connectivity index (χ4n) is 3.75. The number of aromatic amines is 1. The van der Waals surface area contributed by atoms with Crippen molar-refractivity contribution in [3.8, 4) is 5.75 Å². The van der Waals surface area contributed by atoms with E-state index >= 15 is 0 Å². The third-order valence-corrected chi connectivity index (χ3v) is 5.57. The number of nitrogens with zero attached hydrogens (tertiary/aromatic N) is 2. The smallest absolute Gasteiger partial charge is 0.317 e. The molecule has 2 aromatic carbocycles. The molecule has 31 heavy (non-hydrogen) atoms. The van der Waals surface area contributed by atoms with Crippen molar-refractivity contribution in [3.05, 3.63) is 65.6 Å². The van der Waals surface area contributed by atoms with Crippen LogP contribution in [0.3, 0.4) is 0 Å². The number of urea groups is 1. The lowest BCUT2D eigenvalue weighted by molar-refractivity contribution is 0.0880. The van der Waals surface area contributed by atoms with Gasteiger partial charge in [0.15, 0.2) is 5.78 Å². The summed E-state index contributed by atoms with van der Waals surface area (Å²) in [5.41, 5.74) is 2.38. The van der Waals surface area contributed by atoms with E-state index in [1.807, 2.05) is 18.2 Å². The van der Waals surface area contributed by atoms with Gasteiger partial charge in [-0.3, -0.25) is 9.69 Å². The molecule has 4 rings (SSSR count). The summed E-state index contributed by atoms with van der Waals surface area (Å²) in [7, 11) is 1.60. The number of hydrogen-bond donors (Lipinski definition) is 2. The summed E-state index contributed by atoms with van der Waals surface area (Å²) in [6, 6.07) is 11.5. The Bertz CT molecular complexity index is 1070. The van der Waals surface area contributed by atoms with Gasteiger partial charge in [-0.25, -0.2) is 9.18 Å². The zero-order valence-corrected chi connectivity index (χ0v) is 17.4. The number of piperazine rings is 1. The lowest BCUT2D eigenvalue weighted by Crippen LogP contribution is -2.52. The van der Waals surface area contributed by atoms with Crippen molar-refractivity contribution >= 4 is 22.7 Å². The van der Waals surface area contributed by atoms with E-state index in [1.54, 1.807) is 30.3 Å². The van der Waals surface area contributed by atoms with E-state index in [9.17, 15) is 14.0 Å². The summed E-state index contributed by atoms with van der Waals surface area (Å²) < 4.78 is 18.2. The largest absolute Gasteiger partial charge is 0.497 e. The summed E-state index contributed by atoms with van der Waals surface area (Å²) in [6.07, 6.45) is 1.74. The van der Waals surface area contributed by atoms with Gasteiger partial charge >= 0.3 is 6.03 Å². The van der Waals surface area contributed by atoms with Gasteiger partial charge in [0, 0.05) is 55.4 Å². The van der Waals surface area contributed by atoms with E-state index in [2.05, 4.69) is 15.2 Å². The van der Waals surface area contributed by atoms with Crippen molar-refractivity contribution in [3.63, 3.8) is 0 Å². The molecular weight excluding hydrogens is 399 g/mol. The number of carbonyl (C=O) groups is 2. The van der Waals surface area contributed by atoms with E-state index in [-0.39, 0.29) is 17.6 Å². The third-order valence-electron chi connectivity index (χ3n) is 5.57. The molecule has 0 radical (unpaired) electrons. The summed E-state index contributed by atoms with van der Waals surface area (Å²) in [6.45, 7) is 2.99. The number of nitrogens with one attached hydrogen (secondary N) is 2. The summed E-state index contributed by atoms with van der Waals surface area (Å²) in [4.78, 5) is 32.2. The quantitative estimate of drug-likeness (QED) is 0.597. The van der Waals surface area contributed by atoms with Crippen LogP contribution < -0.4 is 10.1 Å². The highest BCUT2D eigenvalue weighted by atomic mass is 19.1. The first-order valence-electron chi connectivity index (χ1n) is 10.2. The number of aromatic nitrogens is 1. The van der Waals surface area contributed by atoms with E-state index in [0.717, 1.165) is 16.5 Å². The molecular formula is C23H25FN4O3.